The van der Waals surface area contributed by atoms with Gasteiger partial charge in [0.1, 0.15) is 12.4 Å². The molecular weight excluding hydrogens is 334 g/mol. The second-order valence-electron chi connectivity index (χ2n) is 6.25. The molecule has 1 aliphatic carbocycles. The highest BCUT2D eigenvalue weighted by molar-refractivity contribution is 7.93. The van der Waals surface area contributed by atoms with Crippen LogP contribution in [0.5, 0.6) is 5.75 Å². The Morgan fingerprint density at radius 1 is 1.04 bits per heavy atom. The van der Waals surface area contributed by atoms with Gasteiger partial charge in [-0.2, -0.15) is 4.31 Å². The first-order chi connectivity index (χ1) is 12.0. The van der Waals surface area contributed by atoms with E-state index in [4.69, 9.17) is 4.74 Å². The number of hydrogen-bond acceptors (Lipinski definition) is 3. The molecule has 0 atom stereocenters. The molecule has 0 bridgehead atoms. The summed E-state index contributed by atoms with van der Waals surface area (Å²) < 4.78 is 32.7. The van der Waals surface area contributed by atoms with Crippen molar-refractivity contribution in [2.45, 2.75) is 19.8 Å². The van der Waals surface area contributed by atoms with Crippen molar-refractivity contribution in [3.05, 3.63) is 70.1 Å². The molecule has 0 aromatic heterocycles. The van der Waals surface area contributed by atoms with E-state index in [0.717, 1.165) is 23.3 Å². The summed E-state index contributed by atoms with van der Waals surface area (Å²) in [6, 6.07) is 15.7. The minimum atomic E-state index is -3.45. The van der Waals surface area contributed by atoms with E-state index in [1.807, 2.05) is 49.4 Å². The van der Waals surface area contributed by atoms with Crippen molar-refractivity contribution in [3.8, 4) is 5.75 Å². The number of fused-ring (bicyclic) bond motifs is 1. The average molecular weight is 357 g/mol. The van der Waals surface area contributed by atoms with Gasteiger partial charge >= 0.3 is 0 Å². The van der Waals surface area contributed by atoms with E-state index in [9.17, 15) is 8.42 Å². The first-order valence-corrected chi connectivity index (χ1v) is 9.86. The van der Waals surface area contributed by atoms with Crippen LogP contribution in [0.1, 0.15) is 23.1 Å². The molecule has 0 aliphatic heterocycles. The maximum Gasteiger partial charge on any atom is 0.239 e. The highest BCUT2D eigenvalue weighted by Crippen LogP contribution is 2.28. The second kappa shape index (κ2) is 7.42. The fourth-order valence-corrected chi connectivity index (χ4v) is 4.28. The average Bonchev–Trinajstić information content (AvgIpc) is 2.62. The van der Waals surface area contributed by atoms with Gasteiger partial charge in [0.2, 0.25) is 10.0 Å². The Morgan fingerprint density at radius 2 is 1.76 bits per heavy atom. The first-order valence-electron chi connectivity index (χ1n) is 8.42. The van der Waals surface area contributed by atoms with Crippen LogP contribution >= 0.6 is 0 Å². The lowest BCUT2D eigenvalue weighted by atomic mass is 9.98. The molecule has 3 rings (SSSR count). The number of nitrogens with zero attached hydrogens (tertiary/aromatic N) is 1. The van der Waals surface area contributed by atoms with E-state index >= 15 is 0 Å². The standard InChI is InChI=1S/C20H23NO3S/c1-16-7-3-6-10-20(16)24-14-13-21(2)25(22,23)19-12-11-17-8-4-5-9-18(17)15-19/h3-10,15H,11-14H2,1-2H3. The lowest BCUT2D eigenvalue weighted by molar-refractivity contribution is 0.286. The van der Waals surface area contributed by atoms with Gasteiger partial charge in [0.15, 0.2) is 0 Å². The first kappa shape index (κ1) is 17.7. The molecule has 0 radical (unpaired) electrons. The molecule has 0 unspecified atom stereocenters. The van der Waals surface area contributed by atoms with Crippen LogP contribution in [0.15, 0.2) is 53.4 Å². The van der Waals surface area contributed by atoms with Crippen LogP contribution in [0, 0.1) is 6.92 Å². The summed E-state index contributed by atoms with van der Waals surface area (Å²) in [5.41, 5.74) is 3.24. The number of ether oxygens (including phenoxy) is 1. The number of likely N-dealkylation sites (N-methyl/N-ethyl adjacent to an activating group) is 1. The molecular formula is C20H23NO3S. The summed E-state index contributed by atoms with van der Waals surface area (Å²) in [4.78, 5) is 0.476. The van der Waals surface area contributed by atoms with Gasteiger partial charge in [-0.3, -0.25) is 0 Å². The molecule has 0 saturated carbocycles. The van der Waals surface area contributed by atoms with E-state index in [2.05, 4.69) is 6.07 Å². The molecule has 5 heteroatoms. The van der Waals surface area contributed by atoms with E-state index in [1.54, 1.807) is 13.1 Å². The van der Waals surface area contributed by atoms with Crippen LogP contribution in [0.3, 0.4) is 0 Å². The predicted octanol–water partition coefficient (Wildman–Crippen LogP) is 3.62. The molecule has 0 amide bonds. The summed E-state index contributed by atoms with van der Waals surface area (Å²) in [5, 5.41) is 0. The molecule has 25 heavy (non-hydrogen) atoms. The molecule has 2 aromatic carbocycles. The summed E-state index contributed by atoms with van der Waals surface area (Å²) in [7, 11) is -1.85. The van der Waals surface area contributed by atoms with Gasteiger partial charge < -0.3 is 4.74 Å². The lowest BCUT2D eigenvalue weighted by Crippen LogP contribution is -2.32. The topological polar surface area (TPSA) is 46.6 Å². The number of aryl methyl sites for hydroxylation is 2. The highest BCUT2D eigenvalue weighted by Gasteiger charge is 2.25. The van der Waals surface area contributed by atoms with Gasteiger partial charge in [0.25, 0.3) is 0 Å². The lowest BCUT2D eigenvalue weighted by Gasteiger charge is -2.22. The Hall–Kier alpha value is -2.11. The summed E-state index contributed by atoms with van der Waals surface area (Å²) in [5.74, 6) is 0.791. The second-order valence-corrected chi connectivity index (χ2v) is 8.35. The van der Waals surface area contributed by atoms with E-state index in [0.29, 0.717) is 24.5 Å². The van der Waals surface area contributed by atoms with Crippen LogP contribution in [-0.2, 0) is 16.4 Å². The molecule has 0 heterocycles. The number of hydrogen-bond donors (Lipinski definition) is 0. The zero-order valence-electron chi connectivity index (χ0n) is 14.6. The zero-order valence-corrected chi connectivity index (χ0v) is 15.4. The van der Waals surface area contributed by atoms with Crippen molar-refractivity contribution < 1.29 is 13.2 Å². The van der Waals surface area contributed by atoms with Crippen LogP contribution in [0.2, 0.25) is 0 Å². The summed E-state index contributed by atoms with van der Waals surface area (Å²) >= 11 is 0. The van der Waals surface area contributed by atoms with Gasteiger partial charge in [-0.05, 0) is 48.6 Å². The number of sulfonamides is 1. The molecule has 1 aliphatic rings. The third kappa shape index (κ3) is 3.94. The number of para-hydroxylation sites is 1. The number of allylic oxidation sites excluding steroid dienone is 1. The van der Waals surface area contributed by atoms with Crippen molar-refractivity contribution in [2.24, 2.45) is 0 Å². The highest BCUT2D eigenvalue weighted by atomic mass is 32.2. The van der Waals surface area contributed by atoms with Gasteiger partial charge in [0.05, 0.1) is 4.91 Å². The summed E-state index contributed by atoms with van der Waals surface area (Å²) in [6.07, 6.45) is 3.10. The minimum absolute atomic E-state index is 0.315. The molecule has 0 fully saturated rings. The maximum absolute atomic E-state index is 12.8. The third-order valence-electron chi connectivity index (χ3n) is 4.51. The fourth-order valence-electron chi connectivity index (χ4n) is 2.93. The zero-order chi connectivity index (χ0) is 17.9. The quantitative estimate of drug-likeness (QED) is 0.793. The molecule has 0 N–H and O–H groups in total. The van der Waals surface area contributed by atoms with Crippen LogP contribution in [-0.4, -0.2) is 32.9 Å². The van der Waals surface area contributed by atoms with Gasteiger partial charge in [-0.25, -0.2) is 8.42 Å². The third-order valence-corrected chi connectivity index (χ3v) is 6.50. The van der Waals surface area contributed by atoms with E-state index in [1.165, 1.54) is 9.87 Å². The Morgan fingerprint density at radius 3 is 2.56 bits per heavy atom. The van der Waals surface area contributed by atoms with Crippen LogP contribution < -0.4 is 4.74 Å². The monoisotopic (exact) mass is 357 g/mol. The van der Waals surface area contributed by atoms with Gasteiger partial charge in [-0.1, -0.05) is 42.5 Å². The van der Waals surface area contributed by atoms with Crippen molar-refractivity contribution in [1.82, 2.24) is 4.31 Å². The van der Waals surface area contributed by atoms with Gasteiger partial charge in [-0.15, -0.1) is 0 Å². The molecule has 0 saturated heterocycles. The van der Waals surface area contributed by atoms with Crippen molar-refractivity contribution >= 4 is 16.1 Å². The predicted molar refractivity (Wildman–Crippen MR) is 101 cm³/mol. The Labute approximate surface area is 149 Å². The van der Waals surface area contributed by atoms with E-state index in [-0.39, 0.29) is 0 Å². The molecule has 2 aromatic rings. The SMILES string of the molecule is Cc1ccccc1OCCN(C)S(=O)(=O)C1=Cc2ccccc2CC1. The molecule has 132 valence electrons. The fraction of sp³-hybridized carbons (Fsp3) is 0.300. The van der Waals surface area contributed by atoms with Crippen LogP contribution in [0.4, 0.5) is 0 Å². The molecule has 4 nitrogen and oxygen atoms in total. The Balaban J connectivity index is 1.66. The van der Waals surface area contributed by atoms with Crippen LogP contribution in [0.25, 0.3) is 6.08 Å². The smallest absolute Gasteiger partial charge is 0.239 e. The number of rotatable bonds is 6. The Bertz CT molecular complexity index is 887. The summed E-state index contributed by atoms with van der Waals surface area (Å²) in [6.45, 7) is 2.61. The molecule has 0 spiro atoms. The maximum atomic E-state index is 12.8. The van der Waals surface area contributed by atoms with Crippen molar-refractivity contribution in [3.63, 3.8) is 0 Å². The largest absolute Gasteiger partial charge is 0.492 e. The van der Waals surface area contributed by atoms with Gasteiger partial charge in [0, 0.05) is 13.6 Å². The normalized spacial score (nSPS) is 14.1. The van der Waals surface area contributed by atoms with Crippen molar-refractivity contribution in [2.75, 3.05) is 20.2 Å². The minimum Gasteiger partial charge on any atom is -0.492 e. The number of benzene rings is 2. The van der Waals surface area contributed by atoms with E-state index < -0.39 is 10.0 Å². The Kier molecular flexibility index (Phi) is 5.25. The van der Waals surface area contributed by atoms with Crippen molar-refractivity contribution in [1.29, 1.82) is 0 Å².